The van der Waals surface area contributed by atoms with E-state index in [1.165, 1.54) is 12.8 Å². The maximum Gasteiger partial charge on any atom is 0.219 e. The topological polar surface area (TPSA) is 66.5 Å². The second-order valence-electron chi connectivity index (χ2n) is 6.23. The molecule has 0 aromatic carbocycles. The molecule has 1 heterocycles. The van der Waals surface area contributed by atoms with Gasteiger partial charge in [-0.3, -0.25) is 4.79 Å². The van der Waals surface area contributed by atoms with Crippen LogP contribution >= 0.6 is 0 Å². The summed E-state index contributed by atoms with van der Waals surface area (Å²) in [4.78, 5) is 13.1. The minimum Gasteiger partial charge on any atom is -0.343 e. The Morgan fingerprint density at radius 1 is 1.10 bits per heavy atom. The van der Waals surface area contributed by atoms with Crippen LogP contribution in [0, 0.1) is 11.8 Å². The van der Waals surface area contributed by atoms with Crippen molar-refractivity contribution in [2.24, 2.45) is 11.8 Å². The molecule has 1 aliphatic heterocycles. The number of sulfonamides is 1. The Bertz CT molecular complexity index is 422. The van der Waals surface area contributed by atoms with E-state index in [0.29, 0.717) is 24.1 Å². The Balaban J connectivity index is 1.70. The fraction of sp³-hybridized carbons (Fsp3) is 0.929. The molecule has 0 bridgehead atoms. The van der Waals surface area contributed by atoms with E-state index in [9.17, 15) is 13.2 Å². The quantitative estimate of drug-likeness (QED) is 0.834. The van der Waals surface area contributed by atoms with Crippen molar-refractivity contribution < 1.29 is 13.2 Å². The van der Waals surface area contributed by atoms with Crippen molar-refractivity contribution in [1.82, 2.24) is 9.62 Å². The van der Waals surface area contributed by atoms with Gasteiger partial charge in [0.05, 0.1) is 5.75 Å². The predicted molar refractivity (Wildman–Crippen MR) is 78.7 cm³/mol. The molecule has 1 saturated carbocycles. The molecule has 5 nitrogen and oxygen atoms in total. The standard InChI is InChI=1S/C14H26N2O3S/c1-12(17)16-8-6-13(7-9-16)10-15-20(18,19)11-14-4-2-3-5-14/h13-15H,2-11H2,1H3. The van der Waals surface area contributed by atoms with Crippen molar-refractivity contribution in [3.63, 3.8) is 0 Å². The molecule has 6 heteroatoms. The van der Waals surface area contributed by atoms with E-state index in [1.807, 2.05) is 4.90 Å². The first-order chi connectivity index (χ1) is 9.46. The molecule has 2 rings (SSSR count). The monoisotopic (exact) mass is 302 g/mol. The third-order valence-electron chi connectivity index (χ3n) is 4.58. The summed E-state index contributed by atoms with van der Waals surface area (Å²) in [5.74, 6) is 1.13. The minimum atomic E-state index is -3.12. The summed E-state index contributed by atoms with van der Waals surface area (Å²) >= 11 is 0. The lowest BCUT2D eigenvalue weighted by Gasteiger charge is -2.31. The van der Waals surface area contributed by atoms with Gasteiger partial charge in [0.1, 0.15) is 0 Å². The molecule has 116 valence electrons. The molecule has 0 aromatic heterocycles. The van der Waals surface area contributed by atoms with E-state index >= 15 is 0 Å². The number of nitrogens with one attached hydrogen (secondary N) is 1. The highest BCUT2D eigenvalue weighted by Gasteiger charge is 2.25. The zero-order chi connectivity index (χ0) is 14.6. The Hall–Kier alpha value is -0.620. The van der Waals surface area contributed by atoms with Gasteiger partial charge in [0.25, 0.3) is 0 Å². The van der Waals surface area contributed by atoms with Crippen LogP contribution in [0.4, 0.5) is 0 Å². The van der Waals surface area contributed by atoms with Gasteiger partial charge in [0.15, 0.2) is 0 Å². The van der Waals surface area contributed by atoms with Crippen LogP contribution < -0.4 is 4.72 Å². The number of piperidine rings is 1. The van der Waals surface area contributed by atoms with Crippen molar-refractivity contribution in [3.8, 4) is 0 Å². The van der Waals surface area contributed by atoms with Crippen LogP contribution in [0.1, 0.15) is 45.4 Å². The Morgan fingerprint density at radius 2 is 1.70 bits per heavy atom. The number of likely N-dealkylation sites (tertiary alicyclic amines) is 1. The molecule has 0 radical (unpaired) electrons. The van der Waals surface area contributed by atoms with Gasteiger partial charge >= 0.3 is 0 Å². The summed E-state index contributed by atoms with van der Waals surface area (Å²) in [7, 11) is -3.12. The van der Waals surface area contributed by atoms with Gasteiger partial charge in [-0.2, -0.15) is 0 Å². The first-order valence-electron chi connectivity index (χ1n) is 7.69. The third kappa shape index (κ3) is 4.74. The normalized spacial score (nSPS) is 22.4. The fourth-order valence-corrected chi connectivity index (χ4v) is 4.80. The summed E-state index contributed by atoms with van der Waals surface area (Å²) in [5, 5.41) is 0. The van der Waals surface area contributed by atoms with E-state index in [4.69, 9.17) is 0 Å². The predicted octanol–water partition coefficient (Wildman–Crippen LogP) is 1.35. The number of nitrogens with zero attached hydrogens (tertiary/aromatic N) is 1. The van der Waals surface area contributed by atoms with Crippen molar-refractivity contribution in [2.75, 3.05) is 25.4 Å². The zero-order valence-electron chi connectivity index (χ0n) is 12.3. The molecule has 0 unspecified atom stereocenters. The Labute approximate surface area is 122 Å². The molecule has 20 heavy (non-hydrogen) atoms. The lowest BCUT2D eigenvalue weighted by Crippen LogP contribution is -2.41. The number of hydrogen-bond donors (Lipinski definition) is 1. The number of carbonyl (C=O) groups excluding carboxylic acids is 1. The number of rotatable bonds is 5. The van der Waals surface area contributed by atoms with Crippen molar-refractivity contribution in [3.05, 3.63) is 0 Å². The van der Waals surface area contributed by atoms with Crippen molar-refractivity contribution >= 4 is 15.9 Å². The van der Waals surface area contributed by atoms with Crippen molar-refractivity contribution in [2.45, 2.75) is 45.4 Å². The first kappa shape index (κ1) is 15.8. The maximum absolute atomic E-state index is 12.0. The molecule has 2 aliphatic rings. The van der Waals surface area contributed by atoms with Gasteiger partial charge in [0, 0.05) is 26.6 Å². The molecule has 0 aromatic rings. The van der Waals surface area contributed by atoms with Gasteiger partial charge < -0.3 is 4.90 Å². The minimum absolute atomic E-state index is 0.116. The molecule has 2 fully saturated rings. The maximum atomic E-state index is 12.0. The third-order valence-corrected chi connectivity index (χ3v) is 6.10. The molecule has 0 atom stereocenters. The van der Waals surface area contributed by atoms with Crippen molar-refractivity contribution in [1.29, 1.82) is 0 Å². The smallest absolute Gasteiger partial charge is 0.219 e. The van der Waals surface area contributed by atoms with Gasteiger partial charge in [-0.25, -0.2) is 13.1 Å². The average molecular weight is 302 g/mol. The van der Waals surface area contributed by atoms with Crippen LogP contribution in [-0.2, 0) is 14.8 Å². The van der Waals surface area contributed by atoms with E-state index in [-0.39, 0.29) is 5.91 Å². The SMILES string of the molecule is CC(=O)N1CCC(CNS(=O)(=O)CC2CCCC2)CC1. The summed E-state index contributed by atoms with van der Waals surface area (Å²) in [6.45, 7) is 3.63. The molecule has 1 aliphatic carbocycles. The number of carbonyl (C=O) groups is 1. The highest BCUT2D eigenvalue weighted by atomic mass is 32.2. The summed E-state index contributed by atoms with van der Waals surface area (Å²) in [6, 6.07) is 0. The second-order valence-corrected chi connectivity index (χ2v) is 8.08. The summed E-state index contributed by atoms with van der Waals surface area (Å²) in [6.07, 6.45) is 6.24. The Kier molecular flexibility index (Phi) is 5.43. The van der Waals surface area contributed by atoms with E-state index in [0.717, 1.165) is 38.8 Å². The Morgan fingerprint density at radius 3 is 2.25 bits per heavy atom. The molecule has 0 spiro atoms. The van der Waals surface area contributed by atoms with Crippen LogP contribution in [0.3, 0.4) is 0 Å². The molecular weight excluding hydrogens is 276 g/mol. The van der Waals surface area contributed by atoms with E-state index < -0.39 is 10.0 Å². The summed E-state index contributed by atoms with van der Waals surface area (Å²) in [5.41, 5.74) is 0. The lowest BCUT2D eigenvalue weighted by molar-refractivity contribution is -0.130. The number of hydrogen-bond acceptors (Lipinski definition) is 3. The van der Waals surface area contributed by atoms with E-state index in [2.05, 4.69) is 4.72 Å². The lowest BCUT2D eigenvalue weighted by atomic mass is 9.97. The van der Waals surface area contributed by atoms with Crippen LogP contribution in [0.2, 0.25) is 0 Å². The molecule has 1 amide bonds. The summed E-state index contributed by atoms with van der Waals surface area (Å²) < 4.78 is 26.8. The van der Waals surface area contributed by atoms with Crippen LogP contribution in [-0.4, -0.2) is 44.6 Å². The van der Waals surface area contributed by atoms with Gasteiger partial charge in [-0.15, -0.1) is 0 Å². The average Bonchev–Trinajstić information content (AvgIpc) is 2.89. The molecule has 1 saturated heterocycles. The van der Waals surface area contributed by atoms with Crippen LogP contribution in [0.25, 0.3) is 0 Å². The van der Waals surface area contributed by atoms with Crippen LogP contribution in [0.5, 0.6) is 0 Å². The van der Waals surface area contributed by atoms with Crippen LogP contribution in [0.15, 0.2) is 0 Å². The van der Waals surface area contributed by atoms with E-state index in [1.54, 1.807) is 6.92 Å². The molecular formula is C14H26N2O3S. The zero-order valence-corrected chi connectivity index (χ0v) is 13.1. The fourth-order valence-electron chi connectivity index (χ4n) is 3.24. The largest absolute Gasteiger partial charge is 0.343 e. The highest BCUT2D eigenvalue weighted by molar-refractivity contribution is 7.89. The second kappa shape index (κ2) is 6.89. The highest BCUT2D eigenvalue weighted by Crippen LogP contribution is 2.25. The van der Waals surface area contributed by atoms with Gasteiger partial charge in [-0.05, 0) is 37.5 Å². The first-order valence-corrected chi connectivity index (χ1v) is 9.34. The molecule has 1 N–H and O–H groups in total. The number of amides is 1. The van der Waals surface area contributed by atoms with Gasteiger partial charge in [0.2, 0.25) is 15.9 Å². The van der Waals surface area contributed by atoms with Gasteiger partial charge in [-0.1, -0.05) is 12.8 Å².